The summed E-state index contributed by atoms with van der Waals surface area (Å²) in [7, 11) is 1.57. The third kappa shape index (κ3) is 3.68. The van der Waals surface area contributed by atoms with E-state index in [1.54, 1.807) is 18.7 Å². The Kier molecular flexibility index (Phi) is 6.18. The van der Waals surface area contributed by atoms with Crippen molar-refractivity contribution in [2.75, 3.05) is 25.6 Å². The number of rotatable bonds is 7. The Morgan fingerprint density at radius 3 is 2.82 bits per heavy atom. The van der Waals surface area contributed by atoms with Crippen molar-refractivity contribution in [3.8, 4) is 11.5 Å². The molecule has 10 heteroatoms. The molecule has 1 aliphatic rings. The monoisotopic (exact) mass is 451 g/mol. The van der Waals surface area contributed by atoms with E-state index in [9.17, 15) is 4.79 Å². The Labute approximate surface area is 171 Å². The summed E-state index contributed by atoms with van der Waals surface area (Å²) in [5.74, 6) is 1.16. The largest absolute Gasteiger partial charge is 0.493 e. The predicted molar refractivity (Wildman–Crippen MR) is 105 cm³/mol. The molecular weight excluding hydrogens is 430 g/mol. The number of nitrogens with one attached hydrogen (secondary N) is 1. The van der Waals surface area contributed by atoms with Crippen molar-refractivity contribution < 1.29 is 19.0 Å². The second-order valence-corrected chi connectivity index (χ2v) is 6.97. The zero-order chi connectivity index (χ0) is 20.3. The minimum Gasteiger partial charge on any atom is -0.493 e. The van der Waals surface area contributed by atoms with Crippen molar-refractivity contribution in [3.63, 3.8) is 0 Å². The number of methoxy groups -OCH3 is 1. The minimum atomic E-state index is -0.573. The van der Waals surface area contributed by atoms with Crippen LogP contribution in [0.1, 0.15) is 38.8 Å². The fraction of sp³-hybridized carbons (Fsp3) is 0.444. The normalized spacial score (nSPS) is 15.7. The van der Waals surface area contributed by atoms with Gasteiger partial charge < -0.3 is 19.5 Å². The summed E-state index contributed by atoms with van der Waals surface area (Å²) in [4.78, 5) is 12.8. The Morgan fingerprint density at radius 2 is 2.14 bits per heavy atom. The van der Waals surface area contributed by atoms with Crippen LogP contribution in [-0.4, -0.2) is 46.5 Å². The highest BCUT2D eigenvalue weighted by Gasteiger charge is 2.35. The summed E-state index contributed by atoms with van der Waals surface area (Å²) in [6.07, 6.45) is 0.731. The lowest BCUT2D eigenvalue weighted by Gasteiger charge is -2.28. The number of allylic oxidation sites excluding steroid dienone is 1. The molecule has 1 aromatic heterocycles. The van der Waals surface area contributed by atoms with Gasteiger partial charge in [0.15, 0.2) is 11.5 Å². The molecule has 0 bridgehead atoms. The van der Waals surface area contributed by atoms with Crippen molar-refractivity contribution in [1.29, 1.82) is 0 Å². The van der Waals surface area contributed by atoms with Crippen LogP contribution in [0.4, 0.5) is 5.95 Å². The molecule has 150 valence electrons. The van der Waals surface area contributed by atoms with Crippen LogP contribution in [0.5, 0.6) is 11.5 Å². The van der Waals surface area contributed by atoms with E-state index in [1.807, 2.05) is 26.0 Å². The van der Waals surface area contributed by atoms with Gasteiger partial charge in [-0.3, -0.25) is 0 Å². The van der Waals surface area contributed by atoms with E-state index in [1.165, 1.54) is 0 Å². The molecule has 1 aliphatic heterocycles. The smallest absolute Gasteiger partial charge is 0.338 e. The number of tetrazole rings is 1. The van der Waals surface area contributed by atoms with E-state index in [0.29, 0.717) is 46.4 Å². The maximum Gasteiger partial charge on any atom is 0.338 e. The molecule has 0 amide bonds. The summed E-state index contributed by atoms with van der Waals surface area (Å²) in [6, 6.07) is 3.11. The Bertz CT molecular complexity index is 911. The Morgan fingerprint density at radius 1 is 1.36 bits per heavy atom. The third-order valence-corrected chi connectivity index (χ3v) is 4.82. The molecule has 1 aromatic carbocycles. The number of anilines is 1. The number of benzene rings is 1. The standard InChI is InChI=1S/C18H22BrN5O4/c1-5-7-28-17(25)14-10(3)20-18-21-22-23-24(18)15(14)11-8-12(19)16(27-6-2)13(9-11)26-4/h8-9,15H,5-7H2,1-4H3,(H,20,21,23). The van der Waals surface area contributed by atoms with E-state index < -0.39 is 12.0 Å². The zero-order valence-corrected chi connectivity index (χ0v) is 17.7. The molecule has 0 radical (unpaired) electrons. The number of carbonyl (C=O) groups is 1. The van der Waals surface area contributed by atoms with E-state index in [4.69, 9.17) is 14.2 Å². The topological polar surface area (TPSA) is 100 Å². The molecule has 9 nitrogen and oxygen atoms in total. The average Bonchev–Trinajstić information content (AvgIpc) is 3.14. The van der Waals surface area contributed by atoms with Gasteiger partial charge in [-0.05, 0) is 64.3 Å². The van der Waals surface area contributed by atoms with Crippen LogP contribution in [0, 0.1) is 0 Å². The van der Waals surface area contributed by atoms with Gasteiger partial charge in [-0.25, -0.2) is 4.79 Å². The summed E-state index contributed by atoms with van der Waals surface area (Å²) in [5, 5.41) is 14.9. The van der Waals surface area contributed by atoms with Crippen LogP contribution >= 0.6 is 15.9 Å². The highest BCUT2D eigenvalue weighted by Crippen LogP contribution is 2.42. The van der Waals surface area contributed by atoms with Crippen LogP contribution in [0.25, 0.3) is 0 Å². The molecule has 0 spiro atoms. The summed E-state index contributed by atoms with van der Waals surface area (Å²) >= 11 is 3.54. The second-order valence-electron chi connectivity index (χ2n) is 6.12. The van der Waals surface area contributed by atoms with Crippen molar-refractivity contribution in [2.24, 2.45) is 0 Å². The lowest BCUT2D eigenvalue weighted by atomic mass is 9.95. The van der Waals surface area contributed by atoms with Gasteiger partial charge in [-0.15, -0.1) is 0 Å². The SMILES string of the molecule is CCCOC(=O)C1=C(C)Nc2nnnn2C1c1cc(Br)c(OCC)c(OC)c1. The predicted octanol–water partition coefficient (Wildman–Crippen LogP) is 3.09. The fourth-order valence-electron chi connectivity index (χ4n) is 3.04. The minimum absolute atomic E-state index is 0.334. The highest BCUT2D eigenvalue weighted by atomic mass is 79.9. The molecule has 0 saturated carbocycles. The summed E-state index contributed by atoms with van der Waals surface area (Å²) in [5.41, 5.74) is 1.83. The van der Waals surface area contributed by atoms with Crippen LogP contribution in [0.2, 0.25) is 0 Å². The van der Waals surface area contributed by atoms with Crippen molar-refractivity contribution in [2.45, 2.75) is 33.2 Å². The van der Waals surface area contributed by atoms with Gasteiger partial charge in [0.2, 0.25) is 5.95 Å². The molecule has 28 heavy (non-hydrogen) atoms. The second kappa shape index (κ2) is 8.59. The van der Waals surface area contributed by atoms with Gasteiger partial charge in [-0.1, -0.05) is 12.0 Å². The third-order valence-electron chi connectivity index (χ3n) is 4.23. The van der Waals surface area contributed by atoms with E-state index in [0.717, 1.165) is 12.0 Å². The number of hydrogen-bond donors (Lipinski definition) is 1. The van der Waals surface area contributed by atoms with Gasteiger partial charge >= 0.3 is 5.97 Å². The van der Waals surface area contributed by atoms with E-state index in [-0.39, 0.29) is 0 Å². The van der Waals surface area contributed by atoms with Crippen LogP contribution in [-0.2, 0) is 9.53 Å². The van der Waals surface area contributed by atoms with Crippen LogP contribution in [0.3, 0.4) is 0 Å². The molecule has 3 rings (SSSR count). The maximum atomic E-state index is 12.8. The van der Waals surface area contributed by atoms with Gasteiger partial charge in [0.1, 0.15) is 6.04 Å². The number of aromatic nitrogens is 4. The number of fused-ring (bicyclic) bond motifs is 1. The van der Waals surface area contributed by atoms with Crippen molar-refractivity contribution in [3.05, 3.63) is 33.4 Å². The van der Waals surface area contributed by atoms with Gasteiger partial charge in [0.25, 0.3) is 0 Å². The number of hydrogen-bond acceptors (Lipinski definition) is 8. The number of ether oxygens (including phenoxy) is 3. The first kappa shape index (κ1) is 20.1. The average molecular weight is 452 g/mol. The molecular formula is C18H22BrN5O4. The molecule has 1 unspecified atom stereocenters. The van der Waals surface area contributed by atoms with Gasteiger partial charge in [-0.2, -0.15) is 4.68 Å². The van der Waals surface area contributed by atoms with Crippen molar-refractivity contribution >= 4 is 27.8 Å². The van der Waals surface area contributed by atoms with E-state index in [2.05, 4.69) is 36.8 Å². The molecule has 2 heterocycles. The van der Waals surface area contributed by atoms with Gasteiger partial charge in [0, 0.05) is 5.70 Å². The Hall–Kier alpha value is -2.62. The molecule has 0 fully saturated rings. The quantitative estimate of drug-likeness (QED) is 0.640. The Balaban J connectivity index is 2.14. The first-order valence-corrected chi connectivity index (χ1v) is 9.74. The van der Waals surface area contributed by atoms with Crippen LogP contribution in [0.15, 0.2) is 27.9 Å². The zero-order valence-electron chi connectivity index (χ0n) is 16.2. The molecule has 1 N–H and O–H groups in total. The number of nitrogens with zero attached hydrogens (tertiary/aromatic N) is 4. The maximum absolute atomic E-state index is 12.8. The lowest BCUT2D eigenvalue weighted by Crippen LogP contribution is -2.30. The lowest BCUT2D eigenvalue weighted by molar-refractivity contribution is -0.139. The van der Waals surface area contributed by atoms with Crippen molar-refractivity contribution in [1.82, 2.24) is 20.2 Å². The summed E-state index contributed by atoms with van der Waals surface area (Å²) < 4.78 is 18.8. The highest BCUT2D eigenvalue weighted by molar-refractivity contribution is 9.10. The number of halogens is 1. The molecule has 1 atom stereocenters. The molecule has 0 saturated heterocycles. The first-order valence-electron chi connectivity index (χ1n) is 8.94. The van der Waals surface area contributed by atoms with E-state index >= 15 is 0 Å². The molecule has 2 aromatic rings. The first-order chi connectivity index (χ1) is 13.5. The van der Waals surface area contributed by atoms with Gasteiger partial charge in [0.05, 0.1) is 30.4 Å². The summed E-state index contributed by atoms with van der Waals surface area (Å²) in [6.45, 7) is 6.47. The van der Waals surface area contributed by atoms with Crippen LogP contribution < -0.4 is 14.8 Å². The fourth-order valence-corrected chi connectivity index (χ4v) is 3.61. The molecule has 0 aliphatic carbocycles. The number of carbonyl (C=O) groups excluding carboxylic acids is 1. The number of esters is 1.